The third-order valence-electron chi connectivity index (χ3n) is 7.97. The normalized spacial score (nSPS) is 22.1. The number of aromatic nitrogens is 2. The molecule has 3 aliphatic heterocycles. The number of rotatable bonds is 7. The number of aliphatic imine (C=N–C) groups is 1. The Hall–Kier alpha value is -4.03. The Morgan fingerprint density at radius 2 is 1.72 bits per heavy atom. The zero-order valence-corrected chi connectivity index (χ0v) is 25.1. The third-order valence-corrected chi connectivity index (χ3v) is 9.79. The molecule has 6 rings (SSSR count). The molecule has 12 heteroatoms. The SMILES string of the molecule is COc1cc([C@@H]2c3c(C)nn(-c4ccccc4)c3N=C3C=CC(S(=O)(=O)N4C[C@H](C)C[C@@H](C)C4)=CN32)ccc1OC(F)F. The molecule has 2 aromatic carbocycles. The topological polar surface area (TPSA) is 89.3 Å². The number of nitrogens with zero attached hydrogens (tertiary/aromatic N) is 5. The summed E-state index contributed by atoms with van der Waals surface area (Å²) in [5.74, 6) is 1.63. The van der Waals surface area contributed by atoms with Crippen LogP contribution in [0.5, 0.6) is 11.5 Å². The minimum absolute atomic E-state index is 0.103. The molecular weight excluding hydrogens is 576 g/mol. The summed E-state index contributed by atoms with van der Waals surface area (Å²) in [4.78, 5) is 6.90. The fraction of sp³-hybridized carbons (Fsp3) is 0.355. The van der Waals surface area contributed by atoms with E-state index in [9.17, 15) is 17.2 Å². The van der Waals surface area contributed by atoms with Crippen molar-refractivity contribution in [2.75, 3.05) is 20.2 Å². The smallest absolute Gasteiger partial charge is 0.387 e. The molecule has 1 aromatic heterocycles. The molecule has 9 nitrogen and oxygen atoms in total. The number of amidine groups is 1. The molecule has 43 heavy (non-hydrogen) atoms. The van der Waals surface area contributed by atoms with E-state index in [-0.39, 0.29) is 28.2 Å². The van der Waals surface area contributed by atoms with Crippen LogP contribution in [-0.2, 0) is 10.0 Å². The van der Waals surface area contributed by atoms with Gasteiger partial charge in [-0.05, 0) is 67.2 Å². The molecule has 1 saturated heterocycles. The van der Waals surface area contributed by atoms with Crippen molar-refractivity contribution in [2.24, 2.45) is 16.8 Å². The number of hydrogen-bond donors (Lipinski definition) is 0. The molecule has 3 aromatic rings. The summed E-state index contributed by atoms with van der Waals surface area (Å²) in [5, 5.41) is 4.81. The van der Waals surface area contributed by atoms with Gasteiger partial charge >= 0.3 is 6.61 Å². The second kappa shape index (κ2) is 11.2. The first kappa shape index (κ1) is 29.1. The highest BCUT2D eigenvalue weighted by Crippen LogP contribution is 2.46. The van der Waals surface area contributed by atoms with Gasteiger partial charge in [0, 0.05) is 24.9 Å². The summed E-state index contributed by atoms with van der Waals surface area (Å²) in [7, 11) is -2.42. The Morgan fingerprint density at radius 3 is 2.40 bits per heavy atom. The van der Waals surface area contributed by atoms with Gasteiger partial charge < -0.3 is 14.4 Å². The largest absolute Gasteiger partial charge is 0.493 e. The first-order chi connectivity index (χ1) is 20.6. The number of fused-ring (bicyclic) bond motifs is 2. The zero-order valence-electron chi connectivity index (χ0n) is 24.3. The predicted molar refractivity (Wildman–Crippen MR) is 159 cm³/mol. The van der Waals surface area contributed by atoms with Crippen LogP contribution in [0.15, 0.2) is 76.8 Å². The summed E-state index contributed by atoms with van der Waals surface area (Å²) < 4.78 is 67.4. The number of aryl methyl sites for hydroxylation is 1. The zero-order chi connectivity index (χ0) is 30.5. The predicted octanol–water partition coefficient (Wildman–Crippen LogP) is 5.94. The Bertz CT molecular complexity index is 1730. The highest BCUT2D eigenvalue weighted by Gasteiger charge is 2.39. The van der Waals surface area contributed by atoms with Crippen molar-refractivity contribution in [3.8, 4) is 17.2 Å². The number of sulfonamides is 1. The number of hydrogen-bond acceptors (Lipinski definition) is 7. The summed E-state index contributed by atoms with van der Waals surface area (Å²) in [5.41, 5.74) is 2.91. The fourth-order valence-corrected chi connectivity index (χ4v) is 7.91. The minimum Gasteiger partial charge on any atom is -0.493 e. The highest BCUT2D eigenvalue weighted by atomic mass is 32.2. The van der Waals surface area contributed by atoms with Crippen LogP contribution in [0.1, 0.15) is 43.1 Å². The van der Waals surface area contributed by atoms with Gasteiger partial charge in [0.1, 0.15) is 5.84 Å². The first-order valence-corrected chi connectivity index (χ1v) is 15.6. The molecule has 3 atom stereocenters. The number of methoxy groups -OCH3 is 1. The molecule has 0 radical (unpaired) electrons. The molecule has 3 aliphatic rings. The number of halogens is 2. The van der Waals surface area contributed by atoms with Crippen LogP contribution in [0.2, 0.25) is 0 Å². The summed E-state index contributed by atoms with van der Waals surface area (Å²) in [6, 6.07) is 13.7. The van der Waals surface area contributed by atoms with Crippen molar-refractivity contribution in [3.63, 3.8) is 0 Å². The van der Waals surface area contributed by atoms with Crippen molar-refractivity contribution in [2.45, 2.75) is 39.8 Å². The van der Waals surface area contributed by atoms with Gasteiger partial charge in [0.05, 0.1) is 29.4 Å². The van der Waals surface area contributed by atoms with Gasteiger partial charge in [0.15, 0.2) is 17.3 Å². The maximum absolute atomic E-state index is 13.9. The number of alkyl halides is 2. The van der Waals surface area contributed by atoms with Crippen LogP contribution in [0.25, 0.3) is 5.69 Å². The maximum atomic E-state index is 13.9. The average Bonchev–Trinajstić information content (AvgIpc) is 3.31. The van der Waals surface area contributed by atoms with E-state index in [1.165, 1.54) is 13.2 Å². The van der Waals surface area contributed by atoms with E-state index in [1.54, 1.807) is 44.4 Å². The Kier molecular flexibility index (Phi) is 7.59. The minimum atomic E-state index is -3.80. The average molecular weight is 610 g/mol. The monoisotopic (exact) mass is 609 g/mol. The Labute approximate surface area is 249 Å². The Balaban J connectivity index is 1.50. The van der Waals surface area contributed by atoms with Crippen molar-refractivity contribution in [1.29, 1.82) is 0 Å². The van der Waals surface area contributed by atoms with Crippen LogP contribution < -0.4 is 9.47 Å². The number of piperidine rings is 1. The molecule has 0 spiro atoms. The first-order valence-electron chi connectivity index (χ1n) is 14.1. The lowest BCUT2D eigenvalue weighted by molar-refractivity contribution is -0.0512. The molecule has 0 unspecified atom stereocenters. The number of para-hydroxylation sites is 1. The fourth-order valence-electron chi connectivity index (χ4n) is 6.22. The molecular formula is C31H33F2N5O4S. The molecule has 0 N–H and O–H groups in total. The van der Waals surface area contributed by atoms with E-state index in [2.05, 4.69) is 18.6 Å². The highest BCUT2D eigenvalue weighted by molar-refractivity contribution is 7.93. The van der Waals surface area contributed by atoms with E-state index in [0.717, 1.165) is 17.7 Å². The van der Waals surface area contributed by atoms with Crippen LogP contribution in [-0.4, -0.2) is 60.0 Å². The molecule has 0 saturated carbocycles. The molecule has 0 aliphatic carbocycles. The number of benzene rings is 2. The van der Waals surface area contributed by atoms with Gasteiger partial charge in [0.2, 0.25) is 10.0 Å². The van der Waals surface area contributed by atoms with Gasteiger partial charge in [-0.25, -0.2) is 18.1 Å². The van der Waals surface area contributed by atoms with Crippen LogP contribution in [0, 0.1) is 18.8 Å². The maximum Gasteiger partial charge on any atom is 0.387 e. The van der Waals surface area contributed by atoms with Gasteiger partial charge in [0.25, 0.3) is 0 Å². The van der Waals surface area contributed by atoms with Gasteiger partial charge in [-0.15, -0.1) is 0 Å². The van der Waals surface area contributed by atoms with Crippen LogP contribution in [0.3, 0.4) is 0 Å². The van der Waals surface area contributed by atoms with Crippen molar-refractivity contribution >= 4 is 21.7 Å². The molecule has 1 fully saturated rings. The summed E-state index contributed by atoms with van der Waals surface area (Å²) >= 11 is 0. The lowest BCUT2D eigenvalue weighted by Gasteiger charge is -2.38. The van der Waals surface area contributed by atoms with E-state index < -0.39 is 22.7 Å². The van der Waals surface area contributed by atoms with Crippen molar-refractivity contribution in [1.82, 2.24) is 19.0 Å². The van der Waals surface area contributed by atoms with Gasteiger partial charge in [-0.2, -0.15) is 18.2 Å². The van der Waals surface area contributed by atoms with Crippen LogP contribution >= 0.6 is 0 Å². The second-order valence-electron chi connectivity index (χ2n) is 11.3. The lowest BCUT2D eigenvalue weighted by Crippen LogP contribution is -2.44. The van der Waals surface area contributed by atoms with E-state index in [0.29, 0.717) is 36.0 Å². The van der Waals surface area contributed by atoms with Gasteiger partial charge in [-0.1, -0.05) is 38.1 Å². The third kappa shape index (κ3) is 5.33. The second-order valence-corrected chi connectivity index (χ2v) is 13.2. The lowest BCUT2D eigenvalue weighted by atomic mass is 9.94. The number of ether oxygens (including phenoxy) is 2. The van der Waals surface area contributed by atoms with Crippen LogP contribution in [0.4, 0.5) is 14.6 Å². The van der Waals surface area contributed by atoms with E-state index in [1.807, 2.05) is 37.3 Å². The Morgan fingerprint density at radius 1 is 1.00 bits per heavy atom. The van der Waals surface area contributed by atoms with E-state index in [4.69, 9.17) is 14.8 Å². The van der Waals surface area contributed by atoms with Crippen molar-refractivity contribution in [3.05, 3.63) is 88.6 Å². The van der Waals surface area contributed by atoms with Gasteiger partial charge in [-0.3, -0.25) is 0 Å². The van der Waals surface area contributed by atoms with E-state index >= 15 is 0 Å². The standard InChI is InChI=1S/C31H33F2N5O4S/c1-19-14-20(2)17-36(16-19)43(39,40)24-11-13-27-34-30-28(21(3)35-38(30)23-8-6-5-7-9-23)29(37(27)18-24)22-10-12-25(42-31(32)33)26(15-22)41-4/h5-13,15,18-20,29,31H,14,16-17H2,1-4H3/t19-,20-,29-/m1/s1. The molecule has 0 bridgehead atoms. The molecule has 226 valence electrons. The summed E-state index contributed by atoms with van der Waals surface area (Å²) in [6.07, 6.45) is 5.88. The summed E-state index contributed by atoms with van der Waals surface area (Å²) in [6.45, 7) is 3.90. The number of allylic oxidation sites excluding steroid dienone is 1. The molecule has 4 heterocycles. The van der Waals surface area contributed by atoms with Crippen molar-refractivity contribution < 1.29 is 26.7 Å². The molecule has 0 amide bonds. The quantitative estimate of drug-likeness (QED) is 0.329.